The molecular weight excluding hydrogens is 382 g/mol. The first kappa shape index (κ1) is 18.3. The second-order valence-electron chi connectivity index (χ2n) is 7.60. The highest BCUT2D eigenvalue weighted by Crippen LogP contribution is 2.33. The molecule has 3 heterocycles. The van der Waals surface area contributed by atoms with Gasteiger partial charge in [0.15, 0.2) is 0 Å². The number of benzene rings is 2. The number of carbonyl (C=O) groups is 3. The van der Waals surface area contributed by atoms with Crippen LogP contribution in [0.4, 0.5) is 5.69 Å². The Hall–Kier alpha value is -3.78. The minimum absolute atomic E-state index is 0.140. The first-order chi connectivity index (χ1) is 14.4. The lowest BCUT2D eigenvalue weighted by atomic mass is 10.00. The highest BCUT2D eigenvalue weighted by molar-refractivity contribution is 6.05. The van der Waals surface area contributed by atoms with Crippen LogP contribution in [0.15, 0.2) is 48.7 Å². The average Bonchev–Trinajstić information content (AvgIpc) is 3.07. The second kappa shape index (κ2) is 6.64. The molecule has 0 radical (unpaired) electrons. The number of anilines is 1. The molecule has 3 amide bonds. The molecule has 1 aromatic heterocycles. The summed E-state index contributed by atoms with van der Waals surface area (Å²) in [4.78, 5) is 43.1. The van der Waals surface area contributed by atoms with Crippen molar-refractivity contribution in [2.45, 2.75) is 25.4 Å². The van der Waals surface area contributed by atoms with E-state index in [-0.39, 0.29) is 25.3 Å². The third kappa shape index (κ3) is 2.73. The third-order valence-corrected chi connectivity index (χ3v) is 5.80. The van der Waals surface area contributed by atoms with Crippen LogP contribution in [0.2, 0.25) is 0 Å². The van der Waals surface area contributed by atoms with Crippen LogP contribution in [0.5, 0.6) is 0 Å². The standard InChI is InChI=1S/C22H19N5O3/c23-15-2-4-16-12(10-15)7-8-25-20(16)13-1-3-17-14(9-13)11-26(21(17)29)18-5-6-19(28)27(24)22(18)30/h1-4,7-10,18H,5-6,11,23-24H2. The van der Waals surface area contributed by atoms with Crippen LogP contribution in [-0.4, -0.2) is 38.7 Å². The highest BCUT2D eigenvalue weighted by atomic mass is 16.2. The van der Waals surface area contributed by atoms with Crippen molar-refractivity contribution in [3.05, 3.63) is 59.8 Å². The molecule has 2 aliphatic rings. The fraction of sp³-hybridized carbons (Fsp3) is 0.182. The molecule has 1 unspecified atom stereocenters. The molecule has 3 aromatic rings. The summed E-state index contributed by atoms with van der Waals surface area (Å²) in [7, 11) is 0. The molecule has 0 bridgehead atoms. The lowest BCUT2D eigenvalue weighted by Gasteiger charge is -2.33. The maximum absolute atomic E-state index is 12.9. The molecule has 2 aliphatic heterocycles. The van der Waals surface area contributed by atoms with Crippen LogP contribution in [0.3, 0.4) is 0 Å². The van der Waals surface area contributed by atoms with Gasteiger partial charge in [-0.1, -0.05) is 12.1 Å². The zero-order valence-electron chi connectivity index (χ0n) is 16.0. The average molecular weight is 401 g/mol. The number of nitrogen functional groups attached to an aromatic ring is 1. The molecule has 0 aliphatic carbocycles. The fourth-order valence-electron chi connectivity index (χ4n) is 4.25. The van der Waals surface area contributed by atoms with E-state index in [1.54, 1.807) is 12.3 Å². The van der Waals surface area contributed by atoms with E-state index in [1.807, 2.05) is 36.4 Å². The van der Waals surface area contributed by atoms with Crippen molar-refractivity contribution >= 4 is 34.2 Å². The van der Waals surface area contributed by atoms with E-state index >= 15 is 0 Å². The number of carbonyl (C=O) groups excluding carboxylic acids is 3. The first-order valence-electron chi connectivity index (χ1n) is 9.64. The summed E-state index contributed by atoms with van der Waals surface area (Å²) in [6, 6.07) is 12.4. The highest BCUT2D eigenvalue weighted by Gasteiger charge is 2.41. The summed E-state index contributed by atoms with van der Waals surface area (Å²) in [5.74, 6) is 4.38. The molecule has 8 heteroatoms. The van der Waals surface area contributed by atoms with Crippen molar-refractivity contribution in [1.82, 2.24) is 14.9 Å². The van der Waals surface area contributed by atoms with Crippen LogP contribution < -0.4 is 11.6 Å². The van der Waals surface area contributed by atoms with E-state index in [0.29, 0.717) is 16.3 Å². The SMILES string of the molecule is Nc1ccc2c(-c3ccc4c(c3)CN(C3CCC(=O)N(N)C3=O)C4=O)nccc2c1. The molecule has 0 spiro atoms. The van der Waals surface area contributed by atoms with Crippen LogP contribution in [0, 0.1) is 0 Å². The Morgan fingerprint density at radius 1 is 1.03 bits per heavy atom. The number of imide groups is 1. The van der Waals surface area contributed by atoms with Gasteiger partial charge in [0.25, 0.3) is 11.8 Å². The molecule has 1 saturated heterocycles. The molecule has 0 saturated carbocycles. The van der Waals surface area contributed by atoms with Crippen LogP contribution in [0.25, 0.3) is 22.0 Å². The predicted molar refractivity (Wildman–Crippen MR) is 111 cm³/mol. The van der Waals surface area contributed by atoms with E-state index in [2.05, 4.69) is 4.98 Å². The van der Waals surface area contributed by atoms with Gasteiger partial charge in [0, 0.05) is 41.4 Å². The van der Waals surface area contributed by atoms with Crippen LogP contribution >= 0.6 is 0 Å². The van der Waals surface area contributed by atoms with Gasteiger partial charge in [-0.2, -0.15) is 0 Å². The van der Waals surface area contributed by atoms with Gasteiger partial charge in [-0.3, -0.25) is 19.4 Å². The Kier molecular flexibility index (Phi) is 4.04. The number of hydrogen-bond acceptors (Lipinski definition) is 6. The van der Waals surface area contributed by atoms with Gasteiger partial charge in [0.1, 0.15) is 6.04 Å². The summed E-state index contributed by atoms with van der Waals surface area (Å²) >= 11 is 0. The van der Waals surface area contributed by atoms with Crippen molar-refractivity contribution in [3.63, 3.8) is 0 Å². The topological polar surface area (TPSA) is 123 Å². The zero-order chi connectivity index (χ0) is 21.0. The van der Waals surface area contributed by atoms with Gasteiger partial charge in [-0.05, 0) is 47.7 Å². The largest absolute Gasteiger partial charge is 0.399 e. The fourth-order valence-corrected chi connectivity index (χ4v) is 4.25. The van der Waals surface area contributed by atoms with E-state index in [1.165, 1.54) is 4.90 Å². The minimum atomic E-state index is -0.727. The molecule has 2 aromatic carbocycles. The first-order valence-corrected chi connectivity index (χ1v) is 9.64. The number of amides is 3. The predicted octanol–water partition coefficient (Wildman–Crippen LogP) is 1.83. The van der Waals surface area contributed by atoms with Gasteiger partial charge in [-0.15, -0.1) is 0 Å². The van der Waals surface area contributed by atoms with Crippen LogP contribution in [-0.2, 0) is 16.1 Å². The smallest absolute Gasteiger partial charge is 0.266 e. The number of rotatable bonds is 2. The number of aromatic nitrogens is 1. The van der Waals surface area contributed by atoms with Crippen molar-refractivity contribution < 1.29 is 14.4 Å². The summed E-state index contributed by atoms with van der Waals surface area (Å²) < 4.78 is 0. The summed E-state index contributed by atoms with van der Waals surface area (Å²) in [6.45, 7) is 0.290. The number of pyridine rings is 1. The minimum Gasteiger partial charge on any atom is -0.399 e. The quantitative estimate of drug-likeness (QED) is 0.292. The number of hydrogen-bond donors (Lipinski definition) is 2. The third-order valence-electron chi connectivity index (χ3n) is 5.80. The van der Waals surface area contributed by atoms with Gasteiger partial charge in [0.05, 0.1) is 5.69 Å². The van der Waals surface area contributed by atoms with Crippen molar-refractivity contribution in [2.24, 2.45) is 5.84 Å². The normalized spacial score (nSPS) is 19.0. The zero-order valence-corrected chi connectivity index (χ0v) is 16.0. The van der Waals surface area contributed by atoms with E-state index in [0.717, 1.165) is 27.6 Å². The maximum atomic E-state index is 12.9. The second-order valence-corrected chi connectivity index (χ2v) is 7.60. The molecule has 4 N–H and O–H groups in total. The molecule has 150 valence electrons. The summed E-state index contributed by atoms with van der Waals surface area (Å²) in [5.41, 5.74) is 9.62. The Labute approximate surface area is 172 Å². The number of nitrogens with two attached hydrogens (primary N) is 2. The lowest BCUT2D eigenvalue weighted by Crippen LogP contribution is -2.57. The molecule has 1 atom stereocenters. The van der Waals surface area contributed by atoms with Crippen molar-refractivity contribution in [3.8, 4) is 11.3 Å². The monoisotopic (exact) mass is 401 g/mol. The molecular formula is C22H19N5O3. The summed E-state index contributed by atoms with van der Waals surface area (Å²) in [5, 5.41) is 2.58. The van der Waals surface area contributed by atoms with Crippen LogP contribution in [0.1, 0.15) is 28.8 Å². The Morgan fingerprint density at radius 3 is 2.70 bits per heavy atom. The molecule has 30 heavy (non-hydrogen) atoms. The molecule has 1 fully saturated rings. The van der Waals surface area contributed by atoms with Gasteiger partial charge < -0.3 is 10.6 Å². The van der Waals surface area contributed by atoms with Gasteiger partial charge >= 0.3 is 0 Å². The number of nitrogens with zero attached hydrogens (tertiary/aromatic N) is 3. The number of piperidine rings is 1. The maximum Gasteiger partial charge on any atom is 0.266 e. The Bertz CT molecular complexity index is 1240. The van der Waals surface area contributed by atoms with E-state index < -0.39 is 17.9 Å². The van der Waals surface area contributed by atoms with Gasteiger partial charge in [-0.25, -0.2) is 10.9 Å². The Morgan fingerprint density at radius 2 is 1.87 bits per heavy atom. The van der Waals surface area contributed by atoms with Crippen molar-refractivity contribution in [2.75, 3.05) is 5.73 Å². The number of hydrazine groups is 1. The number of fused-ring (bicyclic) bond motifs is 2. The van der Waals surface area contributed by atoms with E-state index in [4.69, 9.17) is 11.6 Å². The molecule has 5 rings (SSSR count). The van der Waals surface area contributed by atoms with Gasteiger partial charge in [0.2, 0.25) is 5.91 Å². The lowest BCUT2D eigenvalue weighted by molar-refractivity contribution is -0.152. The van der Waals surface area contributed by atoms with Crippen molar-refractivity contribution in [1.29, 1.82) is 0 Å². The Balaban J connectivity index is 1.51. The molecule has 8 nitrogen and oxygen atoms in total. The summed E-state index contributed by atoms with van der Waals surface area (Å²) in [6.07, 6.45) is 2.15. The van der Waals surface area contributed by atoms with E-state index in [9.17, 15) is 14.4 Å².